The van der Waals surface area contributed by atoms with Crippen molar-refractivity contribution in [1.82, 2.24) is 4.90 Å². The van der Waals surface area contributed by atoms with Gasteiger partial charge in [0.25, 0.3) is 5.09 Å². The fourth-order valence-corrected chi connectivity index (χ4v) is 1.77. The van der Waals surface area contributed by atoms with E-state index in [0.717, 1.165) is 6.41 Å². The average molecular weight is 290 g/mol. The van der Waals surface area contributed by atoms with Gasteiger partial charge in [0, 0.05) is 25.9 Å². The standard InChI is InChI=1S/C11H18N2O7/c14-9-12-5-3-10(4-6-12)20-11(15)18-7-1-2-8-19-13(16)17/h9-10H,1-8H2. The Morgan fingerprint density at radius 2 is 1.95 bits per heavy atom. The van der Waals surface area contributed by atoms with Crippen LogP contribution in [0.5, 0.6) is 0 Å². The molecule has 1 heterocycles. The van der Waals surface area contributed by atoms with Crippen LogP contribution < -0.4 is 0 Å². The Balaban J connectivity index is 2.00. The van der Waals surface area contributed by atoms with Crippen LogP contribution >= 0.6 is 0 Å². The highest BCUT2D eigenvalue weighted by molar-refractivity contribution is 5.60. The maximum Gasteiger partial charge on any atom is 0.508 e. The highest BCUT2D eigenvalue weighted by Gasteiger charge is 2.21. The molecule has 0 unspecified atom stereocenters. The smallest absolute Gasteiger partial charge is 0.434 e. The van der Waals surface area contributed by atoms with E-state index < -0.39 is 11.2 Å². The Labute approximate surface area is 115 Å². The number of ether oxygens (including phenoxy) is 2. The number of hydrogen-bond donors (Lipinski definition) is 0. The number of amides is 1. The van der Waals surface area contributed by atoms with E-state index in [1.807, 2.05) is 0 Å². The summed E-state index contributed by atoms with van der Waals surface area (Å²) in [5.41, 5.74) is 0. The van der Waals surface area contributed by atoms with Crippen LogP contribution in [0.4, 0.5) is 4.79 Å². The molecule has 1 saturated heterocycles. The van der Waals surface area contributed by atoms with Crippen molar-refractivity contribution >= 4 is 12.6 Å². The molecule has 1 fully saturated rings. The first kappa shape index (κ1) is 16.0. The molecule has 0 aliphatic carbocycles. The molecule has 0 aromatic rings. The van der Waals surface area contributed by atoms with Crippen molar-refractivity contribution in [2.45, 2.75) is 31.8 Å². The van der Waals surface area contributed by atoms with Gasteiger partial charge in [0.1, 0.15) is 6.10 Å². The Morgan fingerprint density at radius 3 is 2.55 bits per heavy atom. The Hall–Kier alpha value is -2.06. The lowest BCUT2D eigenvalue weighted by Crippen LogP contribution is -2.37. The van der Waals surface area contributed by atoms with Gasteiger partial charge in [-0.05, 0) is 12.8 Å². The first-order valence-electron chi connectivity index (χ1n) is 6.42. The molecule has 0 radical (unpaired) electrons. The first-order chi connectivity index (χ1) is 9.61. The number of piperidine rings is 1. The summed E-state index contributed by atoms with van der Waals surface area (Å²) in [5.74, 6) is 0. The molecule has 1 aliphatic heterocycles. The largest absolute Gasteiger partial charge is 0.508 e. The highest BCUT2D eigenvalue weighted by atomic mass is 16.9. The summed E-state index contributed by atoms with van der Waals surface area (Å²) in [5, 5.41) is 9.00. The fraction of sp³-hybridized carbons (Fsp3) is 0.818. The Morgan fingerprint density at radius 1 is 1.30 bits per heavy atom. The van der Waals surface area contributed by atoms with Crippen LogP contribution in [0.2, 0.25) is 0 Å². The third kappa shape index (κ3) is 6.76. The summed E-state index contributed by atoms with van der Waals surface area (Å²) in [4.78, 5) is 37.4. The van der Waals surface area contributed by atoms with Crippen LogP contribution in [0.1, 0.15) is 25.7 Å². The molecule has 1 aliphatic rings. The lowest BCUT2D eigenvalue weighted by molar-refractivity contribution is -0.757. The van der Waals surface area contributed by atoms with Crippen molar-refractivity contribution in [2.75, 3.05) is 26.3 Å². The average Bonchev–Trinajstić information content (AvgIpc) is 2.43. The van der Waals surface area contributed by atoms with Crippen molar-refractivity contribution in [3.8, 4) is 0 Å². The Bertz CT molecular complexity index is 329. The predicted octanol–water partition coefficient (Wildman–Crippen LogP) is 0.749. The summed E-state index contributed by atoms with van der Waals surface area (Å²) in [6.45, 7) is 1.25. The molecule has 0 atom stereocenters. The number of likely N-dealkylation sites (tertiary alicyclic amines) is 1. The number of hydrogen-bond acceptors (Lipinski definition) is 7. The van der Waals surface area contributed by atoms with Crippen molar-refractivity contribution in [3.63, 3.8) is 0 Å². The van der Waals surface area contributed by atoms with Gasteiger partial charge in [-0.3, -0.25) is 4.79 Å². The monoisotopic (exact) mass is 290 g/mol. The van der Waals surface area contributed by atoms with Crippen molar-refractivity contribution in [1.29, 1.82) is 0 Å². The summed E-state index contributed by atoms with van der Waals surface area (Å²) in [6.07, 6.45) is 1.90. The van der Waals surface area contributed by atoms with E-state index in [2.05, 4.69) is 4.84 Å². The number of carbonyl (C=O) groups excluding carboxylic acids is 2. The number of nitrogens with zero attached hydrogens (tertiary/aromatic N) is 2. The van der Waals surface area contributed by atoms with E-state index in [9.17, 15) is 19.7 Å². The predicted molar refractivity (Wildman–Crippen MR) is 65.3 cm³/mol. The molecule has 1 rings (SSSR count). The second-order valence-electron chi connectivity index (χ2n) is 4.32. The highest BCUT2D eigenvalue weighted by Crippen LogP contribution is 2.13. The molecule has 9 heteroatoms. The van der Waals surface area contributed by atoms with E-state index in [1.54, 1.807) is 4.90 Å². The van der Waals surface area contributed by atoms with Crippen LogP contribution in [-0.2, 0) is 19.1 Å². The molecule has 0 bridgehead atoms. The zero-order valence-electron chi connectivity index (χ0n) is 11.1. The van der Waals surface area contributed by atoms with Gasteiger partial charge in [-0.1, -0.05) is 0 Å². The van der Waals surface area contributed by atoms with Crippen LogP contribution in [-0.4, -0.2) is 55.0 Å². The van der Waals surface area contributed by atoms with Crippen molar-refractivity contribution < 1.29 is 29.0 Å². The van der Waals surface area contributed by atoms with Gasteiger partial charge in [-0.15, -0.1) is 10.1 Å². The van der Waals surface area contributed by atoms with E-state index in [0.29, 0.717) is 38.8 Å². The van der Waals surface area contributed by atoms with Gasteiger partial charge >= 0.3 is 6.16 Å². The minimum atomic E-state index is -0.860. The Kier molecular flexibility index (Phi) is 7.15. The molecule has 0 aromatic heterocycles. The molecule has 0 aromatic carbocycles. The van der Waals surface area contributed by atoms with Gasteiger partial charge in [-0.25, -0.2) is 4.79 Å². The third-order valence-electron chi connectivity index (χ3n) is 2.84. The second kappa shape index (κ2) is 8.94. The lowest BCUT2D eigenvalue weighted by atomic mass is 10.1. The van der Waals surface area contributed by atoms with E-state index in [4.69, 9.17) is 9.47 Å². The lowest BCUT2D eigenvalue weighted by Gasteiger charge is -2.28. The topological polar surface area (TPSA) is 108 Å². The third-order valence-corrected chi connectivity index (χ3v) is 2.84. The maximum absolute atomic E-state index is 11.3. The molecule has 9 nitrogen and oxygen atoms in total. The van der Waals surface area contributed by atoms with E-state index in [1.165, 1.54) is 0 Å². The zero-order chi connectivity index (χ0) is 14.8. The van der Waals surface area contributed by atoms with Crippen LogP contribution in [0, 0.1) is 10.1 Å². The van der Waals surface area contributed by atoms with Gasteiger partial charge in [-0.2, -0.15) is 0 Å². The molecule has 20 heavy (non-hydrogen) atoms. The molecule has 114 valence electrons. The van der Waals surface area contributed by atoms with Crippen LogP contribution in [0.25, 0.3) is 0 Å². The number of rotatable bonds is 8. The van der Waals surface area contributed by atoms with E-state index >= 15 is 0 Å². The summed E-state index contributed by atoms with van der Waals surface area (Å²) >= 11 is 0. The molecule has 0 spiro atoms. The van der Waals surface area contributed by atoms with Crippen LogP contribution in [0.3, 0.4) is 0 Å². The molecule has 0 N–H and O–H groups in total. The maximum atomic E-state index is 11.3. The second-order valence-corrected chi connectivity index (χ2v) is 4.32. The van der Waals surface area contributed by atoms with Gasteiger partial charge in [0.15, 0.2) is 0 Å². The SMILES string of the molecule is O=CN1CCC(OC(=O)OCCCCO[N+](=O)[O-])CC1. The van der Waals surface area contributed by atoms with Gasteiger partial charge < -0.3 is 19.2 Å². The first-order valence-corrected chi connectivity index (χ1v) is 6.42. The minimum absolute atomic E-state index is 0.0183. The quantitative estimate of drug-likeness (QED) is 0.213. The molecular weight excluding hydrogens is 272 g/mol. The molecule has 1 amide bonds. The molecular formula is C11H18N2O7. The minimum Gasteiger partial charge on any atom is -0.434 e. The zero-order valence-corrected chi connectivity index (χ0v) is 11.1. The summed E-state index contributed by atoms with van der Waals surface area (Å²) in [6, 6.07) is 0. The summed E-state index contributed by atoms with van der Waals surface area (Å²) < 4.78 is 9.92. The van der Waals surface area contributed by atoms with Gasteiger partial charge in [0.2, 0.25) is 6.41 Å². The summed E-state index contributed by atoms with van der Waals surface area (Å²) in [7, 11) is 0. The number of carbonyl (C=O) groups is 2. The van der Waals surface area contributed by atoms with Crippen molar-refractivity contribution in [2.24, 2.45) is 0 Å². The van der Waals surface area contributed by atoms with E-state index in [-0.39, 0.29) is 19.3 Å². The normalized spacial score (nSPS) is 15.5. The van der Waals surface area contributed by atoms with Gasteiger partial charge in [0.05, 0.1) is 13.2 Å². The fourth-order valence-electron chi connectivity index (χ4n) is 1.77. The van der Waals surface area contributed by atoms with Crippen LogP contribution in [0.15, 0.2) is 0 Å². The number of unbranched alkanes of at least 4 members (excludes halogenated alkanes) is 1. The van der Waals surface area contributed by atoms with Crippen molar-refractivity contribution in [3.05, 3.63) is 10.1 Å². The molecule has 0 saturated carbocycles.